The van der Waals surface area contributed by atoms with Crippen LogP contribution >= 0.6 is 22.7 Å². The topological polar surface area (TPSA) is 28.6 Å². The summed E-state index contributed by atoms with van der Waals surface area (Å²) in [5, 5.41) is 5.52. The van der Waals surface area contributed by atoms with E-state index in [9.17, 15) is 0 Å². The van der Waals surface area contributed by atoms with Gasteiger partial charge in [-0.15, -0.1) is 11.3 Å². The minimum absolute atomic E-state index is 0.0666. The molecule has 6 rings (SSSR count). The van der Waals surface area contributed by atoms with E-state index in [0.717, 1.165) is 34.4 Å². The van der Waals surface area contributed by atoms with Crippen LogP contribution in [0.25, 0.3) is 31.4 Å². The zero-order valence-corrected chi connectivity index (χ0v) is 21.9. The van der Waals surface area contributed by atoms with E-state index in [1.54, 1.807) is 22.7 Å². The first-order chi connectivity index (χ1) is 16.8. The fourth-order valence-corrected chi connectivity index (χ4v) is 6.42. The maximum Gasteiger partial charge on any atom is 0.182 e. The summed E-state index contributed by atoms with van der Waals surface area (Å²) in [7, 11) is 2.07. The molecule has 0 saturated heterocycles. The normalized spacial score (nSPS) is 13.9. The molecule has 4 heterocycles. The molecule has 35 heavy (non-hydrogen) atoms. The Hall–Kier alpha value is -3.35. The van der Waals surface area contributed by atoms with Gasteiger partial charge in [0.05, 0.1) is 12.4 Å². The molecule has 0 spiro atoms. The van der Waals surface area contributed by atoms with E-state index >= 15 is 0 Å². The average Bonchev–Trinajstić information content (AvgIpc) is 3.57. The minimum atomic E-state index is 0.0666. The molecule has 0 saturated carbocycles. The van der Waals surface area contributed by atoms with Crippen LogP contribution in [0.5, 0.6) is 10.8 Å². The predicted molar refractivity (Wildman–Crippen MR) is 150 cm³/mol. The van der Waals surface area contributed by atoms with Crippen molar-refractivity contribution in [1.29, 1.82) is 0 Å². The molecule has 6 heteroatoms. The highest BCUT2D eigenvalue weighted by Crippen LogP contribution is 2.45. The molecule has 0 amide bonds. The van der Waals surface area contributed by atoms with Crippen molar-refractivity contribution in [3.8, 4) is 22.1 Å². The Morgan fingerprint density at radius 1 is 0.971 bits per heavy atom. The number of ether oxygens (including phenoxy) is 1. The Morgan fingerprint density at radius 3 is 2.66 bits per heavy atom. The number of rotatable bonds is 4. The molecule has 0 unspecified atom stereocenters. The molecule has 1 aliphatic rings. The van der Waals surface area contributed by atoms with Gasteiger partial charge in [0.2, 0.25) is 0 Å². The first-order valence-corrected chi connectivity index (χ1v) is 13.4. The van der Waals surface area contributed by atoms with Gasteiger partial charge in [0.1, 0.15) is 5.75 Å². The molecule has 0 fully saturated rings. The molecule has 0 atom stereocenters. The molecular formula is C29H27N3OS2. The van der Waals surface area contributed by atoms with Crippen LogP contribution in [0.3, 0.4) is 0 Å². The van der Waals surface area contributed by atoms with Gasteiger partial charge < -0.3 is 14.5 Å². The van der Waals surface area contributed by atoms with Crippen LogP contribution in [-0.2, 0) is 5.41 Å². The first kappa shape index (κ1) is 22.1. The predicted octanol–water partition coefficient (Wildman–Crippen LogP) is 8.45. The number of aromatic nitrogens is 1. The van der Waals surface area contributed by atoms with Crippen LogP contribution in [0.1, 0.15) is 26.3 Å². The van der Waals surface area contributed by atoms with Gasteiger partial charge in [0.15, 0.2) is 5.06 Å². The van der Waals surface area contributed by atoms with Gasteiger partial charge in [-0.2, -0.15) is 0 Å². The SMILES string of the molecule is CN1C=CN(c2cccc(Oc3cc4c(-c5cc(C(C)(C)C)ccn5)cc5sccc5c4s3)c2)C1. The highest BCUT2D eigenvalue weighted by molar-refractivity contribution is 7.23. The van der Waals surface area contributed by atoms with Crippen molar-refractivity contribution >= 4 is 48.5 Å². The molecule has 4 nitrogen and oxygen atoms in total. The standard InChI is InChI=1S/C29H27N3OS2/c1-29(2,3)19-8-10-30-25(14-19)23-16-26-22(9-13-34-26)28-24(23)17-27(35-28)33-21-7-5-6-20(15-21)32-12-11-31(4)18-32/h5-17H,18H2,1-4H3. The third-order valence-corrected chi connectivity index (χ3v) is 8.27. The van der Waals surface area contributed by atoms with E-state index in [1.165, 1.54) is 25.7 Å². The Labute approximate surface area is 213 Å². The summed E-state index contributed by atoms with van der Waals surface area (Å²) in [6.07, 6.45) is 6.10. The van der Waals surface area contributed by atoms with Gasteiger partial charge in [-0.1, -0.05) is 38.2 Å². The second kappa shape index (κ2) is 8.40. The number of hydrogen-bond donors (Lipinski definition) is 0. The van der Waals surface area contributed by atoms with E-state index in [-0.39, 0.29) is 5.41 Å². The minimum Gasteiger partial charge on any atom is -0.447 e. The Morgan fingerprint density at radius 2 is 1.86 bits per heavy atom. The smallest absolute Gasteiger partial charge is 0.182 e. The van der Waals surface area contributed by atoms with Crippen LogP contribution in [0.2, 0.25) is 0 Å². The van der Waals surface area contributed by atoms with E-state index in [1.807, 2.05) is 12.3 Å². The van der Waals surface area contributed by atoms with Gasteiger partial charge in [-0.25, -0.2) is 0 Å². The molecule has 3 aromatic heterocycles. The second-order valence-corrected chi connectivity index (χ2v) is 12.0. The van der Waals surface area contributed by atoms with E-state index in [0.29, 0.717) is 0 Å². The number of fused-ring (bicyclic) bond motifs is 3. The number of anilines is 1. The largest absolute Gasteiger partial charge is 0.447 e. The monoisotopic (exact) mass is 497 g/mol. The lowest BCUT2D eigenvalue weighted by Gasteiger charge is -2.19. The highest BCUT2D eigenvalue weighted by atomic mass is 32.1. The molecule has 0 N–H and O–H groups in total. The Kier molecular flexibility index (Phi) is 5.31. The average molecular weight is 498 g/mol. The summed E-state index contributed by atoms with van der Waals surface area (Å²) in [5.74, 6) is 0.841. The van der Waals surface area contributed by atoms with Crippen molar-refractivity contribution < 1.29 is 4.74 Å². The molecule has 0 radical (unpaired) electrons. The fraction of sp³-hybridized carbons (Fsp3) is 0.207. The number of nitrogens with zero attached hydrogens (tertiary/aromatic N) is 3. The van der Waals surface area contributed by atoms with E-state index < -0.39 is 0 Å². The summed E-state index contributed by atoms with van der Waals surface area (Å²) in [5.41, 5.74) is 4.64. The third-order valence-electron chi connectivity index (χ3n) is 6.36. The van der Waals surface area contributed by atoms with Gasteiger partial charge in [-0.3, -0.25) is 4.98 Å². The van der Waals surface area contributed by atoms with Crippen LogP contribution in [0.4, 0.5) is 5.69 Å². The van der Waals surface area contributed by atoms with E-state index in [2.05, 4.69) is 104 Å². The lowest BCUT2D eigenvalue weighted by atomic mass is 9.87. The van der Waals surface area contributed by atoms with Crippen LogP contribution in [0.15, 0.2) is 78.6 Å². The van der Waals surface area contributed by atoms with Crippen LogP contribution < -0.4 is 9.64 Å². The van der Waals surface area contributed by atoms with Gasteiger partial charge >= 0.3 is 0 Å². The second-order valence-electron chi connectivity index (χ2n) is 10.0. The van der Waals surface area contributed by atoms with Crippen molar-refractivity contribution in [3.05, 3.63) is 84.1 Å². The fourth-order valence-electron chi connectivity index (χ4n) is 4.44. The van der Waals surface area contributed by atoms with Crippen molar-refractivity contribution in [2.45, 2.75) is 26.2 Å². The molecule has 176 valence electrons. The maximum atomic E-state index is 6.42. The Balaban J connectivity index is 1.42. The summed E-state index contributed by atoms with van der Waals surface area (Å²) in [6, 6.07) is 19.3. The zero-order chi connectivity index (χ0) is 24.2. The highest BCUT2D eigenvalue weighted by Gasteiger charge is 2.19. The van der Waals surface area contributed by atoms with Gasteiger partial charge in [0, 0.05) is 69.2 Å². The Bertz CT molecular complexity index is 1570. The molecule has 0 aliphatic carbocycles. The van der Waals surface area contributed by atoms with Crippen molar-refractivity contribution in [2.75, 3.05) is 18.6 Å². The number of thiophene rings is 2. The molecule has 5 aromatic rings. The maximum absolute atomic E-state index is 6.42. The lowest BCUT2D eigenvalue weighted by molar-refractivity contribution is 0.490. The zero-order valence-electron chi connectivity index (χ0n) is 20.3. The quantitative estimate of drug-likeness (QED) is 0.249. The number of hydrogen-bond acceptors (Lipinski definition) is 6. The molecular weight excluding hydrogens is 470 g/mol. The summed E-state index contributed by atoms with van der Waals surface area (Å²) in [6.45, 7) is 7.56. The van der Waals surface area contributed by atoms with Crippen molar-refractivity contribution in [3.63, 3.8) is 0 Å². The lowest BCUT2D eigenvalue weighted by Crippen LogP contribution is -2.21. The first-order valence-electron chi connectivity index (χ1n) is 11.7. The number of benzene rings is 2. The molecule has 1 aliphatic heterocycles. The van der Waals surface area contributed by atoms with Crippen LogP contribution in [-0.4, -0.2) is 23.6 Å². The summed E-state index contributed by atoms with van der Waals surface area (Å²) < 4.78 is 8.94. The third kappa shape index (κ3) is 4.17. The number of pyridine rings is 1. The van der Waals surface area contributed by atoms with Crippen LogP contribution in [0, 0.1) is 0 Å². The summed E-state index contributed by atoms with van der Waals surface area (Å²) in [4.78, 5) is 9.13. The molecule has 2 aromatic carbocycles. The van der Waals surface area contributed by atoms with Crippen molar-refractivity contribution in [1.82, 2.24) is 9.88 Å². The summed E-state index contributed by atoms with van der Waals surface area (Å²) >= 11 is 3.48. The van der Waals surface area contributed by atoms with Gasteiger partial charge in [0.25, 0.3) is 0 Å². The van der Waals surface area contributed by atoms with Gasteiger partial charge in [-0.05, 0) is 52.8 Å². The molecule has 0 bridgehead atoms. The van der Waals surface area contributed by atoms with Crippen molar-refractivity contribution in [2.24, 2.45) is 0 Å². The van der Waals surface area contributed by atoms with E-state index in [4.69, 9.17) is 9.72 Å².